The monoisotopic (exact) mass is 265 g/mol. The van der Waals surface area contributed by atoms with Crippen molar-refractivity contribution in [1.29, 1.82) is 0 Å². The topological polar surface area (TPSA) is 87.3 Å². The Bertz CT molecular complexity index is 406. The van der Waals surface area contributed by atoms with Gasteiger partial charge in [0.2, 0.25) is 5.95 Å². The van der Waals surface area contributed by atoms with Gasteiger partial charge in [-0.2, -0.15) is 9.97 Å². The van der Waals surface area contributed by atoms with Crippen LogP contribution in [0.5, 0.6) is 0 Å². The van der Waals surface area contributed by atoms with Crippen molar-refractivity contribution < 1.29 is 5.11 Å². The third-order valence-corrected chi connectivity index (χ3v) is 3.64. The Hall–Kier alpha value is -1.56. The summed E-state index contributed by atoms with van der Waals surface area (Å²) in [6.07, 6.45) is 6.09. The first-order valence-electron chi connectivity index (χ1n) is 6.94. The molecule has 1 heterocycles. The highest BCUT2D eigenvalue weighted by atomic mass is 16.3. The van der Waals surface area contributed by atoms with Crippen molar-refractivity contribution in [2.24, 2.45) is 0 Å². The minimum atomic E-state index is 0.120. The number of rotatable bonds is 5. The molecule has 0 amide bonds. The minimum absolute atomic E-state index is 0.120. The van der Waals surface area contributed by atoms with Crippen molar-refractivity contribution in [3.05, 3.63) is 6.07 Å². The first-order chi connectivity index (χ1) is 9.24. The summed E-state index contributed by atoms with van der Waals surface area (Å²) in [5.41, 5.74) is 5.75. The van der Waals surface area contributed by atoms with E-state index in [9.17, 15) is 5.11 Å². The third-order valence-electron chi connectivity index (χ3n) is 3.64. The molecule has 1 aliphatic carbocycles. The number of nitrogen functional groups attached to an aromatic ring is 1. The zero-order chi connectivity index (χ0) is 13.7. The minimum Gasteiger partial charge on any atom is -0.395 e. The largest absolute Gasteiger partial charge is 0.395 e. The van der Waals surface area contributed by atoms with E-state index in [1.54, 1.807) is 0 Å². The molecule has 1 aromatic rings. The summed E-state index contributed by atoms with van der Waals surface area (Å²) in [7, 11) is 1.81. The summed E-state index contributed by atoms with van der Waals surface area (Å²) in [4.78, 5) is 10.6. The molecular formula is C13H23N5O. The van der Waals surface area contributed by atoms with Gasteiger partial charge in [-0.1, -0.05) is 19.3 Å². The molecule has 2 rings (SSSR count). The molecule has 1 fully saturated rings. The van der Waals surface area contributed by atoms with E-state index >= 15 is 0 Å². The van der Waals surface area contributed by atoms with Crippen molar-refractivity contribution in [2.45, 2.75) is 38.1 Å². The number of hydrogen-bond acceptors (Lipinski definition) is 6. The lowest BCUT2D eigenvalue weighted by molar-refractivity contribution is 0.289. The highest BCUT2D eigenvalue weighted by molar-refractivity contribution is 5.53. The van der Waals surface area contributed by atoms with E-state index in [1.165, 1.54) is 19.3 Å². The molecule has 4 N–H and O–H groups in total. The van der Waals surface area contributed by atoms with Crippen LogP contribution in [0, 0.1) is 0 Å². The van der Waals surface area contributed by atoms with E-state index < -0.39 is 0 Å². The van der Waals surface area contributed by atoms with Gasteiger partial charge in [0.1, 0.15) is 11.6 Å². The number of anilines is 3. The van der Waals surface area contributed by atoms with Gasteiger partial charge >= 0.3 is 0 Å². The van der Waals surface area contributed by atoms with Crippen molar-refractivity contribution in [3.8, 4) is 0 Å². The van der Waals surface area contributed by atoms with Gasteiger partial charge in [0, 0.05) is 25.7 Å². The number of nitrogens with zero attached hydrogens (tertiary/aromatic N) is 3. The van der Waals surface area contributed by atoms with E-state index in [-0.39, 0.29) is 12.6 Å². The van der Waals surface area contributed by atoms with Crippen LogP contribution in [0.1, 0.15) is 32.1 Å². The van der Waals surface area contributed by atoms with E-state index in [2.05, 4.69) is 20.2 Å². The molecule has 0 atom stereocenters. The van der Waals surface area contributed by atoms with Crippen LogP contribution in [0.3, 0.4) is 0 Å². The van der Waals surface area contributed by atoms with Crippen LogP contribution in [0.25, 0.3) is 0 Å². The zero-order valence-corrected chi connectivity index (χ0v) is 11.5. The van der Waals surface area contributed by atoms with Crippen LogP contribution >= 0.6 is 0 Å². The second kappa shape index (κ2) is 6.56. The summed E-state index contributed by atoms with van der Waals surface area (Å²) < 4.78 is 0. The summed E-state index contributed by atoms with van der Waals surface area (Å²) in [5, 5.41) is 12.3. The predicted molar refractivity (Wildman–Crippen MR) is 77.3 cm³/mol. The number of hydrogen-bond donors (Lipinski definition) is 3. The molecule has 0 aromatic carbocycles. The van der Waals surface area contributed by atoms with Gasteiger partial charge in [-0.05, 0) is 12.8 Å². The first-order valence-corrected chi connectivity index (χ1v) is 6.94. The van der Waals surface area contributed by atoms with E-state index in [4.69, 9.17) is 5.73 Å². The molecule has 0 radical (unpaired) electrons. The molecule has 6 nitrogen and oxygen atoms in total. The molecule has 106 valence electrons. The second-order valence-electron chi connectivity index (χ2n) is 4.93. The fraction of sp³-hybridized carbons (Fsp3) is 0.692. The molecule has 1 aliphatic rings. The molecule has 1 saturated carbocycles. The molecular weight excluding hydrogens is 242 g/mol. The highest BCUT2D eigenvalue weighted by Crippen LogP contribution is 2.27. The average molecular weight is 265 g/mol. The standard InChI is InChI=1S/C13H23N5O/c1-15-11-9-12(17-13(14)16-11)18(7-8-19)10-5-3-2-4-6-10/h9-10,19H,2-8H2,1H3,(H3,14,15,16,17). The summed E-state index contributed by atoms with van der Waals surface area (Å²) in [6.45, 7) is 0.708. The Labute approximate surface area is 114 Å². The van der Waals surface area contributed by atoms with Gasteiger partial charge in [-0.25, -0.2) is 0 Å². The maximum absolute atomic E-state index is 9.29. The van der Waals surface area contributed by atoms with Gasteiger partial charge in [-0.15, -0.1) is 0 Å². The Morgan fingerprint density at radius 3 is 2.74 bits per heavy atom. The third kappa shape index (κ3) is 3.47. The Morgan fingerprint density at radius 2 is 2.11 bits per heavy atom. The molecule has 0 spiro atoms. The number of nitrogens with two attached hydrogens (primary N) is 1. The Morgan fingerprint density at radius 1 is 1.37 bits per heavy atom. The predicted octanol–water partition coefficient (Wildman–Crippen LogP) is 1.23. The SMILES string of the molecule is CNc1cc(N(CCO)C2CCCCC2)nc(N)n1. The second-order valence-corrected chi connectivity index (χ2v) is 4.93. The van der Waals surface area contributed by atoms with Crippen molar-refractivity contribution in [3.63, 3.8) is 0 Å². The summed E-state index contributed by atoms with van der Waals surface area (Å²) in [6, 6.07) is 2.33. The number of aliphatic hydroxyl groups excluding tert-OH is 1. The Balaban J connectivity index is 2.24. The fourth-order valence-corrected chi connectivity index (χ4v) is 2.71. The average Bonchev–Trinajstić information content (AvgIpc) is 2.45. The number of aromatic nitrogens is 2. The van der Waals surface area contributed by atoms with Crippen LogP contribution < -0.4 is 16.0 Å². The number of nitrogens with one attached hydrogen (secondary N) is 1. The van der Waals surface area contributed by atoms with Crippen molar-refractivity contribution >= 4 is 17.6 Å². The lowest BCUT2D eigenvalue weighted by Crippen LogP contribution is -2.39. The number of aliphatic hydroxyl groups is 1. The lowest BCUT2D eigenvalue weighted by atomic mass is 9.94. The van der Waals surface area contributed by atoms with E-state index in [0.29, 0.717) is 18.4 Å². The van der Waals surface area contributed by atoms with Crippen molar-refractivity contribution in [1.82, 2.24) is 9.97 Å². The van der Waals surface area contributed by atoms with Crippen LogP contribution in [0.15, 0.2) is 6.07 Å². The maximum Gasteiger partial charge on any atom is 0.223 e. The van der Waals surface area contributed by atoms with Crippen LogP contribution in [0.2, 0.25) is 0 Å². The fourth-order valence-electron chi connectivity index (χ4n) is 2.71. The maximum atomic E-state index is 9.29. The van der Waals surface area contributed by atoms with Gasteiger partial charge in [0.25, 0.3) is 0 Å². The Kier molecular flexibility index (Phi) is 4.79. The van der Waals surface area contributed by atoms with E-state index in [0.717, 1.165) is 18.7 Å². The van der Waals surface area contributed by atoms with Gasteiger partial charge < -0.3 is 21.1 Å². The van der Waals surface area contributed by atoms with Gasteiger partial charge in [0.15, 0.2) is 0 Å². The quantitative estimate of drug-likeness (QED) is 0.742. The highest BCUT2D eigenvalue weighted by Gasteiger charge is 2.22. The summed E-state index contributed by atoms with van der Waals surface area (Å²) >= 11 is 0. The molecule has 1 aromatic heterocycles. The van der Waals surface area contributed by atoms with Crippen LogP contribution in [0.4, 0.5) is 17.6 Å². The molecule has 0 bridgehead atoms. The van der Waals surface area contributed by atoms with Gasteiger partial charge in [-0.3, -0.25) is 0 Å². The lowest BCUT2D eigenvalue weighted by Gasteiger charge is -2.35. The van der Waals surface area contributed by atoms with Crippen LogP contribution in [-0.2, 0) is 0 Å². The normalized spacial score (nSPS) is 16.3. The van der Waals surface area contributed by atoms with Crippen LogP contribution in [-0.4, -0.2) is 41.3 Å². The summed E-state index contributed by atoms with van der Waals surface area (Å²) in [5.74, 6) is 1.78. The molecule has 19 heavy (non-hydrogen) atoms. The molecule has 0 unspecified atom stereocenters. The first kappa shape index (κ1) is 13.9. The smallest absolute Gasteiger partial charge is 0.223 e. The van der Waals surface area contributed by atoms with Crippen molar-refractivity contribution in [2.75, 3.05) is 36.1 Å². The molecule has 6 heteroatoms. The van der Waals surface area contributed by atoms with Gasteiger partial charge in [0.05, 0.1) is 6.61 Å². The van der Waals surface area contributed by atoms with E-state index in [1.807, 2.05) is 13.1 Å². The molecule has 0 aliphatic heterocycles. The zero-order valence-electron chi connectivity index (χ0n) is 11.5. The molecule has 0 saturated heterocycles.